The second-order valence-electron chi connectivity index (χ2n) is 6.13. The highest BCUT2D eigenvalue weighted by molar-refractivity contribution is 7.90. The molecule has 0 radical (unpaired) electrons. The van der Waals surface area contributed by atoms with Gasteiger partial charge in [0.25, 0.3) is 5.91 Å². The van der Waals surface area contributed by atoms with Crippen molar-refractivity contribution in [2.75, 3.05) is 33.6 Å². The molecule has 0 aliphatic heterocycles. The van der Waals surface area contributed by atoms with Gasteiger partial charge in [-0.15, -0.1) is 0 Å². The van der Waals surface area contributed by atoms with Crippen LogP contribution in [0.4, 0.5) is 0 Å². The first-order chi connectivity index (χ1) is 12.8. The Hall–Kier alpha value is -2.45. The van der Waals surface area contributed by atoms with Gasteiger partial charge in [-0.05, 0) is 36.8 Å². The second kappa shape index (κ2) is 8.96. The van der Waals surface area contributed by atoms with E-state index in [1.54, 1.807) is 61.7 Å². The minimum atomic E-state index is -3.26. The predicted molar refractivity (Wildman–Crippen MR) is 102 cm³/mol. The van der Waals surface area contributed by atoms with Gasteiger partial charge in [0, 0.05) is 26.6 Å². The molecule has 1 heterocycles. The summed E-state index contributed by atoms with van der Waals surface area (Å²) in [6.07, 6.45) is 2.72. The first kappa shape index (κ1) is 20.9. The van der Waals surface area contributed by atoms with E-state index in [1.807, 2.05) is 6.92 Å². The molecule has 1 amide bonds. The normalized spacial score (nSPS) is 12.4. The minimum Gasteiger partial charge on any atom is -0.475 e. The third-order valence-corrected chi connectivity index (χ3v) is 5.35. The zero-order valence-corrected chi connectivity index (χ0v) is 16.7. The molecule has 0 aliphatic carbocycles. The van der Waals surface area contributed by atoms with Crippen LogP contribution in [0.1, 0.15) is 28.9 Å². The maximum absolute atomic E-state index is 12.9. The molecule has 0 saturated heterocycles. The maximum atomic E-state index is 12.9. The topological polar surface area (TPSA) is 85.8 Å². The Kier molecular flexibility index (Phi) is 6.92. The molecule has 8 heteroatoms. The van der Waals surface area contributed by atoms with Gasteiger partial charge in [-0.1, -0.05) is 12.1 Å². The number of amides is 1. The van der Waals surface area contributed by atoms with E-state index < -0.39 is 9.84 Å². The van der Waals surface area contributed by atoms with Crippen molar-refractivity contribution in [2.45, 2.75) is 17.9 Å². The van der Waals surface area contributed by atoms with Crippen LogP contribution in [-0.4, -0.2) is 57.8 Å². The van der Waals surface area contributed by atoms with Crippen LogP contribution in [0.25, 0.3) is 0 Å². The summed E-state index contributed by atoms with van der Waals surface area (Å²) in [5, 5.41) is 0. The van der Waals surface area contributed by atoms with Gasteiger partial charge < -0.3 is 14.4 Å². The van der Waals surface area contributed by atoms with Crippen molar-refractivity contribution in [3.63, 3.8) is 0 Å². The Bertz CT molecular complexity index is 881. The SMILES string of the molecule is COCCOc1ncccc1C(=O)N(C)C(C)c1ccc(S(C)(=O)=O)cc1. The Morgan fingerprint density at radius 2 is 1.85 bits per heavy atom. The van der Waals surface area contributed by atoms with Crippen LogP contribution in [0.2, 0.25) is 0 Å². The molecule has 0 spiro atoms. The lowest BCUT2D eigenvalue weighted by Gasteiger charge is -2.26. The summed E-state index contributed by atoms with van der Waals surface area (Å²) < 4.78 is 33.7. The molecule has 2 aromatic rings. The third-order valence-electron chi connectivity index (χ3n) is 4.22. The van der Waals surface area contributed by atoms with Gasteiger partial charge in [0.1, 0.15) is 12.2 Å². The fourth-order valence-electron chi connectivity index (χ4n) is 2.47. The first-order valence-corrected chi connectivity index (χ1v) is 10.3. The largest absolute Gasteiger partial charge is 0.475 e. The van der Waals surface area contributed by atoms with Crippen LogP contribution in [-0.2, 0) is 14.6 Å². The average molecular weight is 392 g/mol. The van der Waals surface area contributed by atoms with Gasteiger partial charge in [0.2, 0.25) is 5.88 Å². The van der Waals surface area contributed by atoms with E-state index in [1.165, 1.54) is 0 Å². The predicted octanol–water partition coefficient (Wildman–Crippen LogP) is 2.34. The molecule has 27 heavy (non-hydrogen) atoms. The Labute approximate surface area is 159 Å². The van der Waals surface area contributed by atoms with Crippen LogP contribution < -0.4 is 4.74 Å². The second-order valence-corrected chi connectivity index (χ2v) is 8.15. The number of benzene rings is 1. The molecular weight excluding hydrogens is 368 g/mol. The lowest BCUT2D eigenvalue weighted by Crippen LogP contribution is -2.30. The van der Waals surface area contributed by atoms with E-state index in [4.69, 9.17) is 9.47 Å². The molecule has 0 N–H and O–H groups in total. The molecule has 2 rings (SSSR count). The smallest absolute Gasteiger partial charge is 0.259 e. The number of rotatable bonds is 8. The summed E-state index contributed by atoms with van der Waals surface area (Å²) in [5.74, 6) is 0.0150. The number of nitrogens with zero attached hydrogens (tertiary/aromatic N) is 2. The standard InChI is InChI=1S/C19H24N2O5S/c1-14(15-7-9-16(10-8-15)27(4,23)24)21(2)19(22)17-6-5-11-20-18(17)26-13-12-25-3/h5-11,14H,12-13H2,1-4H3. The molecule has 1 atom stereocenters. The Balaban J connectivity index is 2.19. The number of ether oxygens (including phenoxy) is 2. The van der Waals surface area contributed by atoms with E-state index >= 15 is 0 Å². The van der Waals surface area contributed by atoms with Crippen molar-refractivity contribution in [2.24, 2.45) is 0 Å². The first-order valence-electron chi connectivity index (χ1n) is 8.39. The number of pyridine rings is 1. The van der Waals surface area contributed by atoms with Gasteiger partial charge in [-0.2, -0.15) is 0 Å². The molecule has 0 fully saturated rings. The van der Waals surface area contributed by atoms with Crippen LogP contribution in [0.3, 0.4) is 0 Å². The molecule has 1 aromatic heterocycles. The molecule has 0 aliphatic rings. The van der Waals surface area contributed by atoms with Crippen LogP contribution in [0.5, 0.6) is 5.88 Å². The molecule has 1 unspecified atom stereocenters. The van der Waals surface area contributed by atoms with Crippen molar-refractivity contribution in [3.05, 3.63) is 53.7 Å². The summed E-state index contributed by atoms with van der Waals surface area (Å²) in [6, 6.07) is 9.58. The number of aromatic nitrogens is 1. The maximum Gasteiger partial charge on any atom is 0.259 e. The molecule has 7 nitrogen and oxygen atoms in total. The van der Waals surface area contributed by atoms with Crippen LogP contribution in [0.15, 0.2) is 47.5 Å². The summed E-state index contributed by atoms with van der Waals surface area (Å²) in [4.78, 5) is 18.9. The average Bonchev–Trinajstić information content (AvgIpc) is 2.66. The van der Waals surface area contributed by atoms with E-state index in [9.17, 15) is 13.2 Å². The summed E-state index contributed by atoms with van der Waals surface area (Å²) >= 11 is 0. The molecular formula is C19H24N2O5S. The molecule has 0 bridgehead atoms. The fraction of sp³-hybridized carbons (Fsp3) is 0.368. The number of methoxy groups -OCH3 is 1. The lowest BCUT2D eigenvalue weighted by atomic mass is 10.1. The number of sulfone groups is 1. The summed E-state index contributed by atoms with van der Waals surface area (Å²) in [7, 11) is -0.00541. The van der Waals surface area contributed by atoms with E-state index in [0.29, 0.717) is 18.8 Å². The van der Waals surface area contributed by atoms with E-state index in [0.717, 1.165) is 11.8 Å². The van der Waals surface area contributed by atoms with E-state index in [-0.39, 0.29) is 22.7 Å². The molecule has 1 aromatic carbocycles. The zero-order chi connectivity index (χ0) is 20.0. The van der Waals surface area contributed by atoms with Crippen molar-refractivity contribution in [3.8, 4) is 5.88 Å². The van der Waals surface area contributed by atoms with Gasteiger partial charge in [0.15, 0.2) is 9.84 Å². The summed E-state index contributed by atoms with van der Waals surface area (Å²) in [5.41, 5.74) is 1.18. The highest BCUT2D eigenvalue weighted by Crippen LogP contribution is 2.24. The van der Waals surface area contributed by atoms with Gasteiger partial charge in [-0.3, -0.25) is 4.79 Å². The Morgan fingerprint density at radius 1 is 1.19 bits per heavy atom. The number of hydrogen-bond donors (Lipinski definition) is 0. The van der Waals surface area contributed by atoms with Crippen LogP contribution >= 0.6 is 0 Å². The van der Waals surface area contributed by atoms with Gasteiger partial charge in [0.05, 0.1) is 17.5 Å². The number of hydrogen-bond acceptors (Lipinski definition) is 6. The highest BCUT2D eigenvalue weighted by atomic mass is 32.2. The van der Waals surface area contributed by atoms with Crippen LogP contribution in [0, 0.1) is 0 Å². The fourth-order valence-corrected chi connectivity index (χ4v) is 3.10. The van der Waals surface area contributed by atoms with Crippen molar-refractivity contribution < 1.29 is 22.7 Å². The molecule has 0 saturated carbocycles. The number of carbonyl (C=O) groups is 1. The van der Waals surface area contributed by atoms with E-state index in [2.05, 4.69) is 4.98 Å². The highest BCUT2D eigenvalue weighted by Gasteiger charge is 2.23. The van der Waals surface area contributed by atoms with Crippen molar-refractivity contribution in [1.29, 1.82) is 0 Å². The monoisotopic (exact) mass is 392 g/mol. The minimum absolute atomic E-state index is 0.241. The van der Waals surface area contributed by atoms with Crippen molar-refractivity contribution >= 4 is 15.7 Å². The van der Waals surface area contributed by atoms with Gasteiger partial charge in [-0.25, -0.2) is 13.4 Å². The summed E-state index contributed by atoms with van der Waals surface area (Å²) in [6.45, 7) is 2.55. The van der Waals surface area contributed by atoms with Crippen molar-refractivity contribution in [1.82, 2.24) is 9.88 Å². The lowest BCUT2D eigenvalue weighted by molar-refractivity contribution is 0.0734. The Morgan fingerprint density at radius 3 is 2.44 bits per heavy atom. The third kappa shape index (κ3) is 5.27. The van der Waals surface area contributed by atoms with Gasteiger partial charge >= 0.3 is 0 Å². The molecule has 146 valence electrons. The quantitative estimate of drug-likeness (QED) is 0.641. The number of carbonyl (C=O) groups excluding carboxylic acids is 1. The zero-order valence-electron chi connectivity index (χ0n) is 15.9.